The van der Waals surface area contributed by atoms with Crippen LogP contribution in [0.5, 0.6) is 0 Å². The Morgan fingerprint density at radius 3 is 2.75 bits per heavy atom. The molecule has 1 fully saturated rings. The molecule has 0 aromatic carbocycles. The van der Waals surface area contributed by atoms with Crippen LogP contribution in [-0.2, 0) is 16.0 Å². The summed E-state index contributed by atoms with van der Waals surface area (Å²) in [4.78, 5) is 26.0. The van der Waals surface area contributed by atoms with E-state index in [0.717, 1.165) is 0 Å². The average molecular weight is 339 g/mol. The third-order valence-corrected chi connectivity index (χ3v) is 4.36. The third-order valence-electron chi connectivity index (χ3n) is 4.36. The Bertz CT molecular complexity index is 588. The van der Waals surface area contributed by atoms with Crippen LogP contribution in [-0.4, -0.2) is 59.5 Å². The molecule has 0 radical (unpaired) electrons. The summed E-state index contributed by atoms with van der Waals surface area (Å²) in [5.41, 5.74) is 0. The zero-order valence-electron chi connectivity index (χ0n) is 14.6. The minimum atomic E-state index is -0.897. The van der Waals surface area contributed by atoms with Crippen LogP contribution in [0.15, 0.2) is 10.6 Å². The molecule has 0 bridgehead atoms. The van der Waals surface area contributed by atoms with Gasteiger partial charge in [0.25, 0.3) is 0 Å². The van der Waals surface area contributed by atoms with Gasteiger partial charge in [0.15, 0.2) is 5.82 Å². The Morgan fingerprint density at radius 2 is 2.12 bits per heavy atom. The van der Waals surface area contributed by atoms with Gasteiger partial charge in [0.05, 0.1) is 7.11 Å². The summed E-state index contributed by atoms with van der Waals surface area (Å²) in [7, 11) is 1.38. The lowest BCUT2D eigenvalue weighted by molar-refractivity contribution is -0.141. The van der Waals surface area contributed by atoms with Crippen molar-refractivity contribution in [3.63, 3.8) is 0 Å². The molecule has 1 aromatic rings. The smallest absolute Gasteiger partial charge is 0.407 e. The molecule has 0 saturated carbocycles. The van der Waals surface area contributed by atoms with Crippen LogP contribution >= 0.6 is 0 Å². The highest BCUT2D eigenvalue weighted by Crippen LogP contribution is 2.24. The molecule has 3 atom stereocenters. The molecule has 2 heterocycles. The van der Waals surface area contributed by atoms with Crippen molar-refractivity contribution in [3.05, 3.63) is 11.8 Å². The maximum absolute atomic E-state index is 11.3. The number of aromatic nitrogens is 1. The molecule has 1 aromatic heterocycles. The lowest BCUT2D eigenvalue weighted by atomic mass is 10.0. The molecule has 1 N–H and O–H groups in total. The van der Waals surface area contributed by atoms with Crippen LogP contribution in [0.1, 0.15) is 33.0 Å². The van der Waals surface area contributed by atoms with Crippen molar-refractivity contribution in [1.29, 1.82) is 0 Å². The van der Waals surface area contributed by atoms with Crippen molar-refractivity contribution in [2.45, 2.75) is 45.7 Å². The summed E-state index contributed by atoms with van der Waals surface area (Å²) in [6.45, 7) is 6.80. The van der Waals surface area contributed by atoms with Gasteiger partial charge in [-0.15, -0.1) is 0 Å². The molecule has 1 aliphatic rings. The minimum Gasteiger partial charge on any atom is -0.469 e. The second-order valence-electron chi connectivity index (χ2n) is 6.53. The highest BCUT2D eigenvalue weighted by Gasteiger charge is 2.33. The first-order valence-electron chi connectivity index (χ1n) is 8.10. The summed E-state index contributed by atoms with van der Waals surface area (Å²) < 4.78 is 10.1. The Labute approximate surface area is 141 Å². The molecule has 8 nitrogen and oxygen atoms in total. The average Bonchev–Trinajstić information content (AvgIpc) is 2.96. The number of piperazine rings is 1. The van der Waals surface area contributed by atoms with E-state index >= 15 is 0 Å². The van der Waals surface area contributed by atoms with E-state index in [-0.39, 0.29) is 24.0 Å². The number of hydrogen-bond acceptors (Lipinski definition) is 6. The SMILES string of the molecule is COC(=O)C[C@H](C)Cc1cc(N2C[C@@H](C)N(C(=O)O)C[C@@H]2C)no1. The van der Waals surface area contributed by atoms with Crippen molar-refractivity contribution in [3.8, 4) is 0 Å². The highest BCUT2D eigenvalue weighted by molar-refractivity contribution is 5.69. The molecule has 1 aliphatic heterocycles. The lowest BCUT2D eigenvalue weighted by Gasteiger charge is -2.42. The van der Waals surface area contributed by atoms with Gasteiger partial charge in [0.1, 0.15) is 5.76 Å². The molecule has 2 rings (SSSR count). The third kappa shape index (κ3) is 4.18. The van der Waals surface area contributed by atoms with Crippen LogP contribution in [0.2, 0.25) is 0 Å². The predicted molar refractivity (Wildman–Crippen MR) is 87.0 cm³/mol. The number of nitrogens with zero attached hydrogens (tertiary/aromatic N) is 3. The molecular formula is C16H25N3O5. The van der Waals surface area contributed by atoms with E-state index in [1.54, 1.807) is 0 Å². The van der Waals surface area contributed by atoms with E-state index in [1.165, 1.54) is 12.0 Å². The Balaban J connectivity index is 2.00. The Morgan fingerprint density at radius 1 is 1.42 bits per heavy atom. The molecule has 1 amide bonds. The van der Waals surface area contributed by atoms with Gasteiger partial charge in [-0.25, -0.2) is 4.79 Å². The largest absolute Gasteiger partial charge is 0.469 e. The van der Waals surface area contributed by atoms with Crippen molar-refractivity contribution in [2.75, 3.05) is 25.1 Å². The van der Waals surface area contributed by atoms with Crippen LogP contribution in [0.25, 0.3) is 0 Å². The van der Waals surface area contributed by atoms with Gasteiger partial charge in [0.2, 0.25) is 0 Å². The van der Waals surface area contributed by atoms with E-state index in [1.807, 2.05) is 26.8 Å². The molecule has 8 heteroatoms. The van der Waals surface area contributed by atoms with Crippen molar-refractivity contribution in [2.24, 2.45) is 5.92 Å². The molecular weight excluding hydrogens is 314 g/mol. The van der Waals surface area contributed by atoms with Crippen LogP contribution in [0, 0.1) is 5.92 Å². The van der Waals surface area contributed by atoms with E-state index in [9.17, 15) is 14.7 Å². The van der Waals surface area contributed by atoms with Gasteiger partial charge in [0, 0.05) is 44.1 Å². The fourth-order valence-electron chi connectivity index (χ4n) is 3.03. The van der Waals surface area contributed by atoms with Gasteiger partial charge >= 0.3 is 12.1 Å². The van der Waals surface area contributed by atoms with E-state index in [0.29, 0.717) is 37.5 Å². The second kappa shape index (κ2) is 7.55. The summed E-state index contributed by atoms with van der Waals surface area (Å²) in [5, 5.41) is 13.3. The number of esters is 1. The van der Waals surface area contributed by atoms with Gasteiger partial charge < -0.3 is 24.2 Å². The lowest BCUT2D eigenvalue weighted by Crippen LogP contribution is -2.58. The summed E-state index contributed by atoms with van der Waals surface area (Å²) in [5.74, 6) is 1.27. The quantitative estimate of drug-likeness (QED) is 0.820. The van der Waals surface area contributed by atoms with E-state index < -0.39 is 6.09 Å². The number of methoxy groups -OCH3 is 1. The van der Waals surface area contributed by atoms with Gasteiger partial charge in [-0.1, -0.05) is 12.1 Å². The number of rotatable bonds is 5. The van der Waals surface area contributed by atoms with Crippen LogP contribution in [0.4, 0.5) is 10.6 Å². The molecule has 134 valence electrons. The van der Waals surface area contributed by atoms with Crippen LogP contribution in [0.3, 0.4) is 0 Å². The normalized spacial score (nSPS) is 22.3. The van der Waals surface area contributed by atoms with Gasteiger partial charge in [-0.2, -0.15) is 0 Å². The summed E-state index contributed by atoms with van der Waals surface area (Å²) in [6, 6.07) is 1.77. The summed E-state index contributed by atoms with van der Waals surface area (Å²) in [6.07, 6.45) is 0.0322. The highest BCUT2D eigenvalue weighted by atomic mass is 16.5. The van der Waals surface area contributed by atoms with Crippen molar-refractivity contribution in [1.82, 2.24) is 10.1 Å². The molecule has 1 saturated heterocycles. The van der Waals surface area contributed by atoms with Gasteiger partial charge in [-0.05, 0) is 19.8 Å². The summed E-state index contributed by atoms with van der Waals surface area (Å²) >= 11 is 0. The maximum atomic E-state index is 11.3. The fourth-order valence-corrected chi connectivity index (χ4v) is 3.03. The standard InChI is InChI=1S/C16H25N3O5/c1-10(6-15(20)23-4)5-13-7-14(17-24-13)18-8-12(3)19(16(21)22)9-11(18)2/h7,10-12H,5-6,8-9H2,1-4H3,(H,21,22)/t10-,11+,12-/m1/s1. The minimum absolute atomic E-state index is 0.0164. The van der Waals surface area contributed by atoms with Gasteiger partial charge in [-0.3, -0.25) is 4.79 Å². The fraction of sp³-hybridized carbons (Fsp3) is 0.688. The number of carbonyl (C=O) groups is 2. The maximum Gasteiger partial charge on any atom is 0.407 e. The first-order chi connectivity index (χ1) is 11.3. The monoisotopic (exact) mass is 339 g/mol. The number of carboxylic acid groups (broad SMARTS) is 1. The van der Waals surface area contributed by atoms with Crippen LogP contribution < -0.4 is 4.90 Å². The van der Waals surface area contributed by atoms with Crippen molar-refractivity contribution >= 4 is 17.9 Å². The van der Waals surface area contributed by atoms with E-state index in [2.05, 4.69) is 14.8 Å². The first-order valence-corrected chi connectivity index (χ1v) is 8.10. The zero-order chi connectivity index (χ0) is 17.9. The predicted octanol–water partition coefficient (Wildman–Crippen LogP) is 1.99. The zero-order valence-corrected chi connectivity index (χ0v) is 14.6. The Kier molecular flexibility index (Phi) is 5.69. The number of carbonyl (C=O) groups excluding carboxylic acids is 1. The topological polar surface area (TPSA) is 96.1 Å². The molecule has 0 unspecified atom stereocenters. The van der Waals surface area contributed by atoms with Crippen molar-refractivity contribution < 1.29 is 24.0 Å². The number of ether oxygens (including phenoxy) is 1. The Hall–Kier alpha value is -2.25. The van der Waals surface area contributed by atoms with E-state index in [4.69, 9.17) is 4.52 Å². The molecule has 24 heavy (non-hydrogen) atoms. The second-order valence-corrected chi connectivity index (χ2v) is 6.53. The molecule has 0 spiro atoms. The molecule has 0 aliphatic carbocycles. The number of amides is 1. The number of hydrogen-bond donors (Lipinski definition) is 1. The first kappa shape index (κ1) is 18.1. The number of anilines is 1.